The van der Waals surface area contributed by atoms with Gasteiger partial charge in [0.2, 0.25) is 0 Å². The fraction of sp³-hybridized carbons (Fsp3) is 0.308. The highest BCUT2D eigenvalue weighted by molar-refractivity contribution is 6.07. The maximum absolute atomic E-state index is 6.95. The predicted molar refractivity (Wildman–Crippen MR) is 223 cm³/mol. The summed E-state index contributed by atoms with van der Waals surface area (Å²) in [6.45, 7) is 4.78. The van der Waals surface area contributed by atoms with Crippen LogP contribution in [-0.4, -0.2) is 0 Å². The summed E-state index contributed by atoms with van der Waals surface area (Å²) in [6.07, 6.45) is 11.9. The summed E-state index contributed by atoms with van der Waals surface area (Å²) < 4.78 is 6.95. The SMILES string of the molecule is CC1(C)c2ccccc2-c2ccc(N(c3ccc4c(c3)C3(CC5CCC3C5)c3ccccc3-4)c3ccc4c(c3)oc3c(C5CCCCC5)cccc34)cc21. The lowest BCUT2D eigenvalue weighted by Gasteiger charge is -2.37. The van der Waals surface area contributed by atoms with Gasteiger partial charge < -0.3 is 9.32 Å². The summed E-state index contributed by atoms with van der Waals surface area (Å²) in [5, 5.41) is 2.46. The molecule has 2 bridgehead atoms. The van der Waals surface area contributed by atoms with Crippen LogP contribution in [0.5, 0.6) is 0 Å². The summed E-state index contributed by atoms with van der Waals surface area (Å²) in [7, 11) is 0. The molecule has 6 aromatic carbocycles. The summed E-state index contributed by atoms with van der Waals surface area (Å²) in [5.74, 6) is 2.15. The van der Waals surface area contributed by atoms with Crippen molar-refractivity contribution in [3.63, 3.8) is 0 Å². The minimum atomic E-state index is -0.0848. The van der Waals surface area contributed by atoms with Crippen LogP contribution in [0, 0.1) is 11.8 Å². The Hall–Kier alpha value is -5.08. The third-order valence-electron chi connectivity index (χ3n) is 14.9. The van der Waals surface area contributed by atoms with Crippen molar-refractivity contribution in [1.82, 2.24) is 0 Å². The Bertz CT molecular complexity index is 2670. The first-order chi connectivity index (χ1) is 26.5. The van der Waals surface area contributed by atoms with E-state index in [0.717, 1.165) is 28.7 Å². The fourth-order valence-corrected chi connectivity index (χ4v) is 12.5. The maximum atomic E-state index is 6.95. The highest BCUT2D eigenvalue weighted by atomic mass is 16.3. The predicted octanol–water partition coefficient (Wildman–Crippen LogP) is 14.5. The molecule has 3 atom stereocenters. The van der Waals surface area contributed by atoms with Crippen molar-refractivity contribution in [3.05, 3.63) is 149 Å². The van der Waals surface area contributed by atoms with Crippen LogP contribution in [0.2, 0.25) is 0 Å². The van der Waals surface area contributed by atoms with Gasteiger partial charge in [-0.25, -0.2) is 0 Å². The number of para-hydroxylation sites is 1. The Balaban J connectivity index is 1.06. The highest BCUT2D eigenvalue weighted by Gasteiger charge is 2.56. The Labute approximate surface area is 318 Å². The highest BCUT2D eigenvalue weighted by Crippen LogP contribution is 2.66. The quantitative estimate of drug-likeness (QED) is 0.182. The molecule has 5 aliphatic carbocycles. The topological polar surface area (TPSA) is 16.4 Å². The first-order valence-corrected chi connectivity index (χ1v) is 20.7. The van der Waals surface area contributed by atoms with Gasteiger partial charge in [-0.1, -0.05) is 118 Å². The van der Waals surface area contributed by atoms with E-state index in [1.165, 1.54) is 119 Å². The zero-order valence-electron chi connectivity index (χ0n) is 31.5. The number of rotatable bonds is 4. The molecule has 12 rings (SSSR count). The van der Waals surface area contributed by atoms with Crippen molar-refractivity contribution in [2.45, 2.75) is 88.4 Å². The zero-order chi connectivity index (χ0) is 35.8. The second kappa shape index (κ2) is 11.2. The number of fused-ring (bicyclic) bond motifs is 14. The van der Waals surface area contributed by atoms with Gasteiger partial charge in [-0.05, 0) is 136 Å². The number of hydrogen-bond donors (Lipinski definition) is 0. The molecule has 2 nitrogen and oxygen atoms in total. The Morgan fingerprint density at radius 2 is 1.22 bits per heavy atom. The zero-order valence-corrected chi connectivity index (χ0v) is 31.5. The van der Waals surface area contributed by atoms with Gasteiger partial charge in [-0.3, -0.25) is 0 Å². The summed E-state index contributed by atoms with van der Waals surface area (Å²) in [4.78, 5) is 2.53. The molecule has 0 saturated heterocycles. The smallest absolute Gasteiger partial charge is 0.138 e. The third-order valence-corrected chi connectivity index (χ3v) is 14.9. The number of anilines is 3. The molecule has 3 saturated carbocycles. The van der Waals surface area contributed by atoms with Gasteiger partial charge in [-0.15, -0.1) is 0 Å². The van der Waals surface area contributed by atoms with E-state index in [4.69, 9.17) is 4.42 Å². The van der Waals surface area contributed by atoms with Gasteiger partial charge in [-0.2, -0.15) is 0 Å². The van der Waals surface area contributed by atoms with Crippen molar-refractivity contribution < 1.29 is 4.42 Å². The molecule has 7 aromatic rings. The molecular weight excluding hydrogens is 655 g/mol. The van der Waals surface area contributed by atoms with Crippen molar-refractivity contribution >= 4 is 39.0 Å². The van der Waals surface area contributed by atoms with E-state index >= 15 is 0 Å². The molecule has 2 heteroatoms. The average Bonchev–Trinajstić information content (AvgIpc) is 4.02. The molecule has 3 fully saturated rings. The van der Waals surface area contributed by atoms with Gasteiger partial charge in [0.25, 0.3) is 0 Å². The molecule has 1 aromatic heterocycles. The van der Waals surface area contributed by atoms with Crippen molar-refractivity contribution in [2.24, 2.45) is 11.8 Å². The van der Waals surface area contributed by atoms with Crippen molar-refractivity contribution in [1.29, 1.82) is 0 Å². The standard InChI is InChI=1S/C52H47NO/c1-51(2)45-17-8-6-13-39(45)41-24-21-35(28-47(41)51)53(37-23-26-43-44-16-10-15-38(33-11-4-3-5-12-33)50(44)54-49(43)30-37)36-22-25-42-40-14-7-9-18-46(40)52(48(42)29-36)31-32-19-20-34(52)27-32/h6-10,13-18,21-26,28-30,32-34H,3-5,11-12,19-20,27,31H2,1-2H3. The minimum Gasteiger partial charge on any atom is -0.456 e. The maximum Gasteiger partial charge on any atom is 0.138 e. The second-order valence-electron chi connectivity index (χ2n) is 17.9. The normalized spacial score (nSPS) is 23.2. The lowest BCUT2D eigenvalue weighted by atomic mass is 9.67. The minimum absolute atomic E-state index is 0.0848. The first kappa shape index (κ1) is 31.3. The van der Waals surface area contributed by atoms with E-state index in [0.29, 0.717) is 5.92 Å². The largest absolute Gasteiger partial charge is 0.456 e. The van der Waals surface area contributed by atoms with E-state index < -0.39 is 0 Å². The Kier molecular flexibility index (Phi) is 6.51. The van der Waals surface area contributed by atoms with Gasteiger partial charge in [0.15, 0.2) is 0 Å². The summed E-state index contributed by atoms with van der Waals surface area (Å²) in [5.41, 5.74) is 18.6. The molecule has 0 radical (unpaired) electrons. The number of hydrogen-bond acceptors (Lipinski definition) is 2. The average molecular weight is 702 g/mol. The number of benzene rings is 6. The molecular formula is C52H47NO. The monoisotopic (exact) mass is 701 g/mol. The molecule has 3 unspecified atom stereocenters. The third kappa shape index (κ3) is 4.18. The van der Waals surface area contributed by atoms with Crippen LogP contribution >= 0.6 is 0 Å². The van der Waals surface area contributed by atoms with Crippen LogP contribution < -0.4 is 4.90 Å². The Morgan fingerprint density at radius 3 is 1.98 bits per heavy atom. The summed E-state index contributed by atoms with van der Waals surface area (Å²) in [6, 6.07) is 46.8. The van der Waals surface area contributed by atoms with Crippen LogP contribution in [0.25, 0.3) is 44.2 Å². The molecule has 54 heavy (non-hydrogen) atoms. The molecule has 0 aliphatic heterocycles. The van der Waals surface area contributed by atoms with Gasteiger partial charge >= 0.3 is 0 Å². The molecule has 0 amide bonds. The van der Waals surface area contributed by atoms with E-state index in [-0.39, 0.29) is 10.8 Å². The van der Waals surface area contributed by atoms with Crippen molar-refractivity contribution in [2.75, 3.05) is 4.90 Å². The van der Waals surface area contributed by atoms with E-state index in [1.54, 1.807) is 11.1 Å². The van der Waals surface area contributed by atoms with Crippen LogP contribution in [0.4, 0.5) is 17.1 Å². The Morgan fingerprint density at radius 1 is 0.556 bits per heavy atom. The van der Waals surface area contributed by atoms with E-state index in [9.17, 15) is 0 Å². The van der Waals surface area contributed by atoms with Crippen LogP contribution in [0.15, 0.2) is 126 Å². The molecule has 0 N–H and O–H groups in total. The number of nitrogens with zero attached hydrogens (tertiary/aromatic N) is 1. The van der Waals surface area contributed by atoms with Crippen LogP contribution in [-0.2, 0) is 10.8 Å². The van der Waals surface area contributed by atoms with E-state index in [1.807, 2.05) is 0 Å². The van der Waals surface area contributed by atoms with Gasteiger partial charge in [0, 0.05) is 44.7 Å². The van der Waals surface area contributed by atoms with Gasteiger partial charge in [0.05, 0.1) is 0 Å². The summed E-state index contributed by atoms with van der Waals surface area (Å²) >= 11 is 0. The van der Waals surface area contributed by atoms with Crippen molar-refractivity contribution in [3.8, 4) is 22.3 Å². The lowest BCUT2D eigenvalue weighted by Crippen LogP contribution is -2.32. The fourth-order valence-electron chi connectivity index (χ4n) is 12.5. The second-order valence-corrected chi connectivity index (χ2v) is 17.9. The van der Waals surface area contributed by atoms with Gasteiger partial charge in [0.1, 0.15) is 11.2 Å². The lowest BCUT2D eigenvalue weighted by molar-refractivity contribution is 0.327. The first-order valence-electron chi connectivity index (χ1n) is 20.7. The van der Waals surface area contributed by atoms with Crippen LogP contribution in [0.1, 0.15) is 105 Å². The van der Waals surface area contributed by atoms with Crippen LogP contribution in [0.3, 0.4) is 0 Å². The number of furan rings is 1. The van der Waals surface area contributed by atoms with E-state index in [2.05, 4.69) is 140 Å². The molecule has 5 aliphatic rings. The molecule has 1 heterocycles. The molecule has 266 valence electrons. The molecule has 1 spiro atoms.